The molecule has 1 atom stereocenters. The smallest absolute Gasteiger partial charge is 0.194 e. The first kappa shape index (κ1) is 23.2. The molecule has 0 radical (unpaired) electrons. The predicted molar refractivity (Wildman–Crippen MR) is 121 cm³/mol. The summed E-state index contributed by atoms with van der Waals surface area (Å²) >= 11 is 0. The number of nitrogens with zero attached hydrogens (tertiary/aromatic N) is 3. The van der Waals surface area contributed by atoms with Crippen LogP contribution in [0.3, 0.4) is 0 Å². The lowest BCUT2D eigenvalue weighted by atomic mass is 10.2. The third-order valence-electron chi connectivity index (χ3n) is 4.93. The SMILES string of the molecule is CCNC(=NCCOCC1CCCO1)N1CCN(c2ccccc2F)CC1.I. The minimum absolute atomic E-state index is 0. The molecule has 2 heterocycles. The van der Waals surface area contributed by atoms with Gasteiger partial charge in [-0.15, -0.1) is 24.0 Å². The highest BCUT2D eigenvalue weighted by Gasteiger charge is 2.21. The zero-order valence-corrected chi connectivity index (χ0v) is 18.9. The number of aliphatic imine (C=N–C) groups is 1. The number of guanidine groups is 1. The number of anilines is 1. The van der Waals surface area contributed by atoms with Gasteiger partial charge in [-0.05, 0) is 31.9 Å². The summed E-state index contributed by atoms with van der Waals surface area (Å²) in [5, 5.41) is 3.35. The maximum Gasteiger partial charge on any atom is 0.194 e. The molecule has 0 amide bonds. The third-order valence-corrected chi connectivity index (χ3v) is 4.93. The van der Waals surface area contributed by atoms with Crippen LogP contribution in [0, 0.1) is 5.82 Å². The van der Waals surface area contributed by atoms with Crippen LogP contribution >= 0.6 is 24.0 Å². The van der Waals surface area contributed by atoms with Crippen molar-refractivity contribution in [3.63, 3.8) is 0 Å². The Morgan fingerprint density at radius 1 is 1.29 bits per heavy atom. The van der Waals surface area contributed by atoms with Gasteiger partial charge in [0, 0.05) is 39.3 Å². The molecule has 1 aromatic rings. The maximum atomic E-state index is 14.0. The molecule has 0 aromatic heterocycles. The number of piperazine rings is 1. The molecule has 1 N–H and O–H groups in total. The Hall–Kier alpha value is -1.13. The Morgan fingerprint density at radius 3 is 2.75 bits per heavy atom. The van der Waals surface area contributed by atoms with Crippen molar-refractivity contribution in [2.75, 3.05) is 64.0 Å². The molecule has 0 saturated carbocycles. The van der Waals surface area contributed by atoms with Gasteiger partial charge in [0.2, 0.25) is 0 Å². The van der Waals surface area contributed by atoms with Crippen molar-refractivity contribution in [3.05, 3.63) is 30.1 Å². The van der Waals surface area contributed by atoms with Crippen molar-refractivity contribution in [1.29, 1.82) is 0 Å². The Kier molecular flexibility index (Phi) is 10.3. The van der Waals surface area contributed by atoms with Crippen LogP contribution in [0.5, 0.6) is 0 Å². The van der Waals surface area contributed by atoms with Crippen molar-refractivity contribution in [1.82, 2.24) is 10.2 Å². The second-order valence-corrected chi connectivity index (χ2v) is 6.87. The van der Waals surface area contributed by atoms with E-state index in [0.717, 1.165) is 58.1 Å². The highest BCUT2D eigenvalue weighted by atomic mass is 127. The molecule has 0 spiro atoms. The molecule has 2 aliphatic heterocycles. The minimum atomic E-state index is -0.157. The van der Waals surface area contributed by atoms with Crippen molar-refractivity contribution < 1.29 is 13.9 Å². The summed E-state index contributed by atoms with van der Waals surface area (Å²) in [6.45, 7) is 8.83. The third kappa shape index (κ3) is 6.73. The standard InChI is InChI=1S/C20H31FN4O2.HI/c1-2-22-20(23-9-15-26-16-17-6-5-14-27-17)25-12-10-24(11-13-25)19-8-4-3-7-18(19)21;/h3-4,7-8,17H,2,5-6,9-16H2,1H3,(H,22,23);1H. The fourth-order valence-corrected chi connectivity index (χ4v) is 3.50. The Bertz CT molecular complexity index is 606. The van der Waals surface area contributed by atoms with E-state index in [2.05, 4.69) is 27.0 Å². The van der Waals surface area contributed by atoms with Gasteiger partial charge in [0.25, 0.3) is 0 Å². The van der Waals surface area contributed by atoms with Crippen LogP contribution in [0.15, 0.2) is 29.3 Å². The lowest BCUT2D eigenvalue weighted by Crippen LogP contribution is -2.52. The number of rotatable bonds is 7. The first-order valence-corrected chi connectivity index (χ1v) is 10.00. The van der Waals surface area contributed by atoms with Gasteiger partial charge >= 0.3 is 0 Å². The first-order valence-electron chi connectivity index (χ1n) is 10.00. The molecule has 2 aliphatic rings. The molecule has 1 aromatic carbocycles. The molecule has 158 valence electrons. The van der Waals surface area contributed by atoms with Crippen molar-refractivity contribution in [2.24, 2.45) is 4.99 Å². The quantitative estimate of drug-likeness (QED) is 0.267. The summed E-state index contributed by atoms with van der Waals surface area (Å²) < 4.78 is 25.2. The van der Waals surface area contributed by atoms with Gasteiger partial charge in [-0.1, -0.05) is 12.1 Å². The lowest BCUT2D eigenvalue weighted by Gasteiger charge is -2.37. The van der Waals surface area contributed by atoms with E-state index in [4.69, 9.17) is 9.47 Å². The van der Waals surface area contributed by atoms with E-state index in [1.54, 1.807) is 6.07 Å². The maximum absolute atomic E-state index is 14.0. The van der Waals surface area contributed by atoms with Crippen LogP contribution in [0.25, 0.3) is 0 Å². The average Bonchev–Trinajstić information content (AvgIpc) is 3.21. The van der Waals surface area contributed by atoms with E-state index in [1.165, 1.54) is 6.07 Å². The van der Waals surface area contributed by atoms with Gasteiger partial charge in [0.05, 0.1) is 31.5 Å². The number of benzene rings is 1. The summed E-state index contributed by atoms with van der Waals surface area (Å²) in [6, 6.07) is 6.97. The summed E-state index contributed by atoms with van der Waals surface area (Å²) in [6.07, 6.45) is 2.49. The Balaban J connectivity index is 0.00000280. The summed E-state index contributed by atoms with van der Waals surface area (Å²) in [5.74, 6) is 0.751. The number of halogens is 2. The number of ether oxygens (including phenoxy) is 2. The fourth-order valence-electron chi connectivity index (χ4n) is 3.50. The number of hydrogen-bond donors (Lipinski definition) is 1. The number of hydrogen-bond acceptors (Lipinski definition) is 4. The van der Waals surface area contributed by atoms with Crippen LogP contribution < -0.4 is 10.2 Å². The largest absolute Gasteiger partial charge is 0.377 e. The van der Waals surface area contributed by atoms with E-state index >= 15 is 0 Å². The van der Waals surface area contributed by atoms with Crippen LogP contribution in [-0.2, 0) is 9.47 Å². The van der Waals surface area contributed by atoms with Crippen LogP contribution in [0.4, 0.5) is 10.1 Å². The molecule has 6 nitrogen and oxygen atoms in total. The molecule has 0 aliphatic carbocycles. The molecule has 3 rings (SSSR count). The van der Waals surface area contributed by atoms with Gasteiger partial charge < -0.3 is 24.6 Å². The van der Waals surface area contributed by atoms with E-state index < -0.39 is 0 Å². The second kappa shape index (κ2) is 12.4. The van der Waals surface area contributed by atoms with Gasteiger partial charge in [-0.25, -0.2) is 4.39 Å². The van der Waals surface area contributed by atoms with Crippen molar-refractivity contribution >= 4 is 35.6 Å². The minimum Gasteiger partial charge on any atom is -0.377 e. The molecular weight excluding hydrogens is 474 g/mol. The summed E-state index contributed by atoms with van der Waals surface area (Å²) in [5.41, 5.74) is 0.682. The Morgan fingerprint density at radius 2 is 2.07 bits per heavy atom. The lowest BCUT2D eigenvalue weighted by molar-refractivity contribution is 0.0199. The van der Waals surface area contributed by atoms with Gasteiger partial charge in [0.15, 0.2) is 5.96 Å². The molecule has 0 bridgehead atoms. The highest BCUT2D eigenvalue weighted by Crippen LogP contribution is 2.20. The first-order chi connectivity index (χ1) is 13.3. The van der Waals surface area contributed by atoms with Crippen LogP contribution in [0.2, 0.25) is 0 Å². The van der Waals surface area contributed by atoms with Crippen molar-refractivity contribution in [3.8, 4) is 0 Å². The van der Waals surface area contributed by atoms with Crippen LogP contribution in [-0.4, -0.2) is 76.1 Å². The number of nitrogens with one attached hydrogen (secondary N) is 1. The molecule has 2 fully saturated rings. The van der Waals surface area contributed by atoms with E-state index in [0.29, 0.717) is 25.4 Å². The highest BCUT2D eigenvalue weighted by molar-refractivity contribution is 14.0. The van der Waals surface area contributed by atoms with Crippen molar-refractivity contribution in [2.45, 2.75) is 25.9 Å². The Labute approximate surface area is 184 Å². The van der Waals surface area contributed by atoms with Crippen LogP contribution in [0.1, 0.15) is 19.8 Å². The normalized spacial score (nSPS) is 20.2. The monoisotopic (exact) mass is 506 g/mol. The second-order valence-electron chi connectivity index (χ2n) is 6.87. The van der Waals surface area contributed by atoms with Gasteiger partial charge in [-0.2, -0.15) is 0 Å². The van der Waals surface area contributed by atoms with E-state index in [-0.39, 0.29) is 35.9 Å². The molecule has 1 unspecified atom stereocenters. The summed E-state index contributed by atoms with van der Waals surface area (Å²) in [4.78, 5) is 9.02. The number of para-hydroxylation sites is 1. The molecular formula is C20H32FIN4O2. The molecule has 2 saturated heterocycles. The zero-order valence-electron chi connectivity index (χ0n) is 16.6. The topological polar surface area (TPSA) is 49.3 Å². The van der Waals surface area contributed by atoms with E-state index in [1.807, 2.05) is 12.1 Å². The average molecular weight is 506 g/mol. The summed E-state index contributed by atoms with van der Waals surface area (Å²) in [7, 11) is 0. The van der Waals surface area contributed by atoms with Gasteiger partial charge in [0.1, 0.15) is 5.82 Å². The van der Waals surface area contributed by atoms with Gasteiger partial charge in [-0.3, -0.25) is 4.99 Å². The molecule has 8 heteroatoms. The zero-order chi connectivity index (χ0) is 18.9. The predicted octanol–water partition coefficient (Wildman–Crippen LogP) is 2.73. The molecule has 28 heavy (non-hydrogen) atoms. The van der Waals surface area contributed by atoms with E-state index in [9.17, 15) is 4.39 Å². The fraction of sp³-hybridized carbons (Fsp3) is 0.650.